The lowest BCUT2D eigenvalue weighted by Gasteiger charge is -2.23. The summed E-state index contributed by atoms with van der Waals surface area (Å²) in [5.74, 6) is -2.78. The molecule has 0 radical (unpaired) electrons. The monoisotopic (exact) mass is 329 g/mol. The topological polar surface area (TPSA) is 123 Å². The fourth-order valence-corrected chi connectivity index (χ4v) is 2.34. The van der Waals surface area contributed by atoms with Crippen LogP contribution in [0.25, 0.3) is 0 Å². The molecular formula is C13H16FN3O6. The number of nitrogens with two attached hydrogens (primary N) is 1. The van der Waals surface area contributed by atoms with Crippen molar-refractivity contribution in [3.8, 4) is 0 Å². The minimum Gasteiger partial charge on any atom is -0.456 e. The first kappa shape index (κ1) is 16.9. The third kappa shape index (κ3) is 3.47. The molecule has 0 aliphatic carbocycles. The van der Waals surface area contributed by atoms with Gasteiger partial charge in [-0.25, -0.2) is 9.18 Å². The largest absolute Gasteiger partial charge is 0.456 e. The maximum Gasteiger partial charge on any atom is 0.351 e. The zero-order valence-electron chi connectivity index (χ0n) is 12.7. The standard InChI is InChI=1S/C13H16FN3O6/c1-5-9(22-6(2)18)10(23-7(3)19)12(21-5)17-4-8(14)11(15)16-13(17)20/h4-5,9-10,12H,1-3H3,(H2,15,16,20)/t5-,9?,10?,12-/m0/s1. The van der Waals surface area contributed by atoms with E-state index in [0.29, 0.717) is 0 Å². The van der Waals surface area contributed by atoms with Crippen LogP contribution >= 0.6 is 0 Å². The zero-order valence-corrected chi connectivity index (χ0v) is 12.7. The van der Waals surface area contributed by atoms with Crippen molar-refractivity contribution in [2.45, 2.75) is 45.3 Å². The highest BCUT2D eigenvalue weighted by molar-refractivity contribution is 5.67. The van der Waals surface area contributed by atoms with Gasteiger partial charge in [0.05, 0.1) is 12.3 Å². The lowest BCUT2D eigenvalue weighted by Crippen LogP contribution is -2.40. The van der Waals surface area contributed by atoms with Crippen LogP contribution in [0.15, 0.2) is 11.0 Å². The number of rotatable bonds is 3. The molecule has 4 atom stereocenters. The van der Waals surface area contributed by atoms with Crippen LogP contribution in [0.3, 0.4) is 0 Å². The predicted molar refractivity (Wildman–Crippen MR) is 73.6 cm³/mol. The highest BCUT2D eigenvalue weighted by Crippen LogP contribution is 2.33. The molecule has 0 amide bonds. The molecule has 126 valence electrons. The van der Waals surface area contributed by atoms with Crippen LogP contribution in [0.4, 0.5) is 10.2 Å². The summed E-state index contributed by atoms with van der Waals surface area (Å²) in [5.41, 5.74) is 4.34. The predicted octanol–water partition coefficient (Wildman–Crippen LogP) is -0.255. The van der Waals surface area contributed by atoms with E-state index in [1.54, 1.807) is 6.92 Å². The smallest absolute Gasteiger partial charge is 0.351 e. The number of halogens is 1. The van der Waals surface area contributed by atoms with Gasteiger partial charge >= 0.3 is 17.6 Å². The third-order valence-corrected chi connectivity index (χ3v) is 3.23. The summed E-state index contributed by atoms with van der Waals surface area (Å²) in [6.45, 7) is 3.90. The first-order valence-corrected chi connectivity index (χ1v) is 6.74. The zero-order chi connectivity index (χ0) is 17.3. The Kier molecular flexibility index (Phi) is 4.64. The van der Waals surface area contributed by atoms with Crippen LogP contribution < -0.4 is 11.4 Å². The number of ether oxygens (including phenoxy) is 3. The van der Waals surface area contributed by atoms with Crippen molar-refractivity contribution in [3.05, 3.63) is 22.5 Å². The maximum atomic E-state index is 13.6. The Morgan fingerprint density at radius 2 is 1.87 bits per heavy atom. The highest BCUT2D eigenvalue weighted by atomic mass is 19.1. The molecule has 1 fully saturated rings. The van der Waals surface area contributed by atoms with E-state index in [9.17, 15) is 18.8 Å². The van der Waals surface area contributed by atoms with Crippen LogP contribution in [0.1, 0.15) is 27.0 Å². The van der Waals surface area contributed by atoms with Gasteiger partial charge < -0.3 is 19.9 Å². The second-order valence-electron chi connectivity index (χ2n) is 5.04. The Bertz CT molecular complexity index is 691. The number of hydrogen-bond donors (Lipinski definition) is 1. The van der Waals surface area contributed by atoms with Crippen molar-refractivity contribution in [2.75, 3.05) is 5.73 Å². The van der Waals surface area contributed by atoms with Crippen LogP contribution in [0, 0.1) is 5.82 Å². The van der Waals surface area contributed by atoms with Gasteiger partial charge in [0.1, 0.15) is 0 Å². The quantitative estimate of drug-likeness (QED) is 0.753. The van der Waals surface area contributed by atoms with Crippen LogP contribution in [-0.4, -0.2) is 39.8 Å². The fraction of sp³-hybridized carbons (Fsp3) is 0.538. The van der Waals surface area contributed by atoms with Crippen molar-refractivity contribution < 1.29 is 28.2 Å². The van der Waals surface area contributed by atoms with Gasteiger partial charge in [-0.1, -0.05) is 0 Å². The summed E-state index contributed by atoms with van der Waals surface area (Å²) < 4.78 is 30.1. The Hall–Kier alpha value is -2.49. The average Bonchev–Trinajstić information content (AvgIpc) is 2.70. The van der Waals surface area contributed by atoms with Gasteiger partial charge in [0.15, 0.2) is 30.1 Å². The third-order valence-electron chi connectivity index (χ3n) is 3.23. The molecule has 2 unspecified atom stereocenters. The number of esters is 2. The van der Waals surface area contributed by atoms with Crippen LogP contribution in [0.2, 0.25) is 0 Å². The van der Waals surface area contributed by atoms with Gasteiger partial charge in [-0.2, -0.15) is 4.98 Å². The van der Waals surface area contributed by atoms with Gasteiger partial charge in [-0.05, 0) is 6.92 Å². The fourth-order valence-electron chi connectivity index (χ4n) is 2.34. The summed E-state index contributed by atoms with van der Waals surface area (Å²) in [6, 6.07) is 0. The molecule has 10 heteroatoms. The maximum absolute atomic E-state index is 13.6. The van der Waals surface area contributed by atoms with E-state index in [4.69, 9.17) is 19.9 Å². The van der Waals surface area contributed by atoms with Gasteiger partial charge in [0.2, 0.25) is 0 Å². The molecule has 0 saturated carbocycles. The summed E-state index contributed by atoms with van der Waals surface area (Å²) in [6.07, 6.45) is -3.17. The summed E-state index contributed by atoms with van der Waals surface area (Å²) in [4.78, 5) is 37.8. The first-order valence-electron chi connectivity index (χ1n) is 6.74. The number of hydrogen-bond acceptors (Lipinski definition) is 8. The minimum absolute atomic E-state index is 0.558. The van der Waals surface area contributed by atoms with Crippen LogP contribution in [0.5, 0.6) is 0 Å². The van der Waals surface area contributed by atoms with Crippen molar-refractivity contribution in [1.29, 1.82) is 0 Å². The lowest BCUT2D eigenvalue weighted by molar-refractivity contribution is -0.165. The Labute approximate surface area is 130 Å². The summed E-state index contributed by atoms with van der Waals surface area (Å²) >= 11 is 0. The number of anilines is 1. The number of nitrogens with zero attached hydrogens (tertiary/aromatic N) is 2. The Morgan fingerprint density at radius 3 is 2.43 bits per heavy atom. The molecule has 1 saturated heterocycles. The number of carbonyl (C=O) groups excluding carboxylic acids is 2. The van der Waals surface area contributed by atoms with Crippen molar-refractivity contribution in [1.82, 2.24) is 9.55 Å². The number of aromatic nitrogens is 2. The molecule has 2 rings (SSSR count). The van der Waals surface area contributed by atoms with E-state index in [0.717, 1.165) is 17.7 Å². The molecule has 0 aromatic carbocycles. The van der Waals surface area contributed by atoms with E-state index in [-0.39, 0.29) is 0 Å². The molecule has 1 aliphatic heterocycles. The first-order chi connectivity index (χ1) is 10.7. The van der Waals surface area contributed by atoms with E-state index < -0.39 is 53.8 Å². The second kappa shape index (κ2) is 6.32. The summed E-state index contributed by atoms with van der Waals surface area (Å²) in [7, 11) is 0. The molecule has 1 aromatic rings. The van der Waals surface area contributed by atoms with Crippen molar-refractivity contribution in [2.24, 2.45) is 0 Å². The Balaban J connectivity index is 2.43. The molecule has 23 heavy (non-hydrogen) atoms. The van der Waals surface area contributed by atoms with E-state index in [1.165, 1.54) is 6.92 Å². The lowest BCUT2D eigenvalue weighted by atomic mass is 10.1. The molecule has 2 heterocycles. The van der Waals surface area contributed by atoms with Crippen LogP contribution in [-0.2, 0) is 23.8 Å². The molecule has 0 spiro atoms. The van der Waals surface area contributed by atoms with Crippen molar-refractivity contribution >= 4 is 17.8 Å². The van der Waals surface area contributed by atoms with E-state index in [1.807, 2.05) is 0 Å². The number of nitrogen functional groups attached to an aromatic ring is 1. The highest BCUT2D eigenvalue weighted by Gasteiger charge is 2.48. The van der Waals surface area contributed by atoms with Gasteiger partial charge in [0.25, 0.3) is 0 Å². The second-order valence-corrected chi connectivity index (χ2v) is 5.04. The van der Waals surface area contributed by atoms with E-state index in [2.05, 4.69) is 4.98 Å². The molecule has 0 bridgehead atoms. The molecule has 2 N–H and O–H groups in total. The van der Waals surface area contributed by atoms with Gasteiger partial charge in [-0.15, -0.1) is 0 Å². The van der Waals surface area contributed by atoms with Gasteiger partial charge in [-0.3, -0.25) is 14.2 Å². The number of carbonyl (C=O) groups is 2. The SMILES string of the molecule is CC(=O)OC1C(OC(C)=O)[C@@H](n2cc(F)c(N)nc2=O)O[C@H]1C. The minimum atomic E-state index is -1.20. The average molecular weight is 329 g/mol. The van der Waals surface area contributed by atoms with Gasteiger partial charge in [0, 0.05) is 13.8 Å². The van der Waals surface area contributed by atoms with E-state index >= 15 is 0 Å². The summed E-state index contributed by atoms with van der Waals surface area (Å²) in [5, 5.41) is 0. The molecule has 9 nitrogen and oxygen atoms in total. The van der Waals surface area contributed by atoms with Crippen molar-refractivity contribution in [3.63, 3.8) is 0 Å². The molecular weight excluding hydrogens is 313 g/mol. The molecule has 1 aliphatic rings. The Morgan fingerprint density at radius 1 is 1.30 bits per heavy atom. The normalized spacial score (nSPS) is 26.8. The molecule has 1 aromatic heterocycles.